The first kappa shape index (κ1) is 24.3. The van der Waals surface area contributed by atoms with Crippen molar-refractivity contribution in [2.75, 3.05) is 0 Å². The predicted molar refractivity (Wildman–Crippen MR) is 128 cm³/mol. The van der Waals surface area contributed by atoms with Crippen LogP contribution in [0.25, 0.3) is 11.1 Å². The van der Waals surface area contributed by atoms with Crippen molar-refractivity contribution in [3.63, 3.8) is 0 Å². The van der Waals surface area contributed by atoms with E-state index in [0.717, 1.165) is 46.6 Å². The third kappa shape index (κ3) is 6.52. The molecule has 2 radical (unpaired) electrons. The Morgan fingerprint density at radius 3 is 1.27 bits per heavy atom. The number of benzene rings is 2. The van der Waals surface area contributed by atoms with Gasteiger partial charge in [-0.25, -0.2) is 0 Å². The second-order valence-corrected chi connectivity index (χ2v) is 10.5. The molecule has 0 heterocycles. The van der Waals surface area contributed by atoms with Gasteiger partial charge in [0.05, 0.1) is 12.2 Å². The van der Waals surface area contributed by atoms with Crippen LogP contribution in [0, 0.1) is 12.1 Å². The van der Waals surface area contributed by atoms with E-state index in [1.807, 2.05) is 0 Å². The Labute approximate surface area is 185 Å². The lowest BCUT2D eigenvalue weighted by Gasteiger charge is -2.24. The largest absolute Gasteiger partial charge is 0.491 e. The van der Waals surface area contributed by atoms with Gasteiger partial charge < -0.3 is 9.47 Å². The van der Waals surface area contributed by atoms with E-state index < -0.39 is 0 Å². The number of hydrogen-bond acceptors (Lipinski definition) is 2. The maximum absolute atomic E-state index is 6.21. The molecule has 0 N–H and O–H groups in total. The van der Waals surface area contributed by atoms with E-state index in [1.165, 1.54) is 0 Å². The Morgan fingerprint density at radius 1 is 0.667 bits per heavy atom. The van der Waals surface area contributed by atoms with Crippen molar-refractivity contribution < 1.29 is 9.47 Å². The SMILES string of the molecule is CCC(C)Oc1cc(-c2[c]c(C(C)(C)C)cc(OC(C)CC)c2)[c]c(C(C)(C)C)c1. The van der Waals surface area contributed by atoms with Gasteiger partial charge in [-0.15, -0.1) is 0 Å². The molecule has 2 unspecified atom stereocenters. The molecule has 164 valence electrons. The van der Waals surface area contributed by atoms with Gasteiger partial charge in [0.15, 0.2) is 0 Å². The summed E-state index contributed by atoms with van der Waals surface area (Å²) in [6.07, 6.45) is 2.28. The van der Waals surface area contributed by atoms with Gasteiger partial charge >= 0.3 is 0 Å². The molecule has 0 aliphatic carbocycles. The second-order valence-electron chi connectivity index (χ2n) is 10.5. The molecular weight excluding hydrogens is 368 g/mol. The smallest absolute Gasteiger partial charge is 0.120 e. The number of rotatable bonds is 7. The van der Waals surface area contributed by atoms with Crippen molar-refractivity contribution in [1.29, 1.82) is 0 Å². The summed E-state index contributed by atoms with van der Waals surface area (Å²) in [5.41, 5.74) is 4.22. The highest BCUT2D eigenvalue weighted by Gasteiger charge is 2.21. The van der Waals surface area contributed by atoms with Gasteiger partial charge in [-0.05, 0) is 96.2 Å². The highest BCUT2D eigenvalue weighted by Crippen LogP contribution is 2.36. The summed E-state index contributed by atoms with van der Waals surface area (Å²) in [5, 5.41) is 0. The quantitative estimate of drug-likeness (QED) is 0.463. The molecular formula is C28H40O2. The van der Waals surface area contributed by atoms with E-state index in [2.05, 4.69) is 106 Å². The summed E-state index contributed by atoms with van der Waals surface area (Å²) < 4.78 is 12.4. The fourth-order valence-corrected chi connectivity index (χ4v) is 2.95. The minimum atomic E-state index is -0.0265. The van der Waals surface area contributed by atoms with Crippen molar-refractivity contribution in [2.45, 2.75) is 105 Å². The first-order valence-corrected chi connectivity index (χ1v) is 11.3. The standard InChI is InChI=1S/C28H40O2/c1-11-19(3)29-25-15-21(13-23(17-25)27(5,6)7)22-14-24(28(8,9)10)18-26(16-22)30-20(4)12-2/h15-20H,11-12H2,1-10H3. The van der Waals surface area contributed by atoms with Crippen molar-refractivity contribution in [2.24, 2.45) is 0 Å². The highest BCUT2D eigenvalue weighted by molar-refractivity contribution is 5.68. The van der Waals surface area contributed by atoms with Crippen LogP contribution in [0.3, 0.4) is 0 Å². The van der Waals surface area contributed by atoms with Crippen LogP contribution in [0.15, 0.2) is 24.3 Å². The molecule has 2 rings (SSSR count). The molecule has 0 aliphatic heterocycles. The average molecular weight is 409 g/mol. The Bertz CT molecular complexity index is 765. The van der Waals surface area contributed by atoms with Crippen molar-refractivity contribution in [3.8, 4) is 22.6 Å². The van der Waals surface area contributed by atoms with E-state index in [-0.39, 0.29) is 23.0 Å². The van der Waals surface area contributed by atoms with E-state index in [1.54, 1.807) is 0 Å². The normalized spacial score (nSPS) is 14.3. The van der Waals surface area contributed by atoms with Crippen LogP contribution < -0.4 is 9.47 Å². The molecule has 0 amide bonds. The Hall–Kier alpha value is -1.96. The zero-order valence-corrected chi connectivity index (χ0v) is 20.7. The minimum Gasteiger partial charge on any atom is -0.491 e. The molecule has 30 heavy (non-hydrogen) atoms. The maximum atomic E-state index is 6.21. The fourth-order valence-electron chi connectivity index (χ4n) is 2.95. The first-order chi connectivity index (χ1) is 13.8. The molecule has 0 fully saturated rings. The van der Waals surface area contributed by atoms with Crippen LogP contribution in [-0.2, 0) is 10.8 Å². The summed E-state index contributed by atoms with van der Waals surface area (Å²) in [6, 6.07) is 15.7. The van der Waals surface area contributed by atoms with Gasteiger partial charge in [-0.1, -0.05) is 55.4 Å². The second kappa shape index (κ2) is 9.45. The molecule has 0 spiro atoms. The van der Waals surface area contributed by atoms with E-state index in [0.29, 0.717) is 0 Å². The van der Waals surface area contributed by atoms with E-state index in [9.17, 15) is 0 Å². The summed E-state index contributed by atoms with van der Waals surface area (Å²) in [7, 11) is 0. The van der Waals surface area contributed by atoms with Gasteiger partial charge in [0.2, 0.25) is 0 Å². The number of hydrogen-bond donors (Lipinski definition) is 0. The van der Waals surface area contributed by atoms with E-state index >= 15 is 0 Å². The lowest BCUT2D eigenvalue weighted by Crippen LogP contribution is -2.15. The Balaban J connectivity index is 2.65. The van der Waals surface area contributed by atoms with Gasteiger partial charge in [0.1, 0.15) is 11.5 Å². The molecule has 2 heteroatoms. The molecule has 0 aromatic heterocycles. The van der Waals surface area contributed by atoms with Gasteiger partial charge in [-0.3, -0.25) is 0 Å². The third-order valence-corrected chi connectivity index (χ3v) is 5.42. The van der Waals surface area contributed by atoms with Gasteiger partial charge in [-0.2, -0.15) is 0 Å². The lowest BCUT2D eigenvalue weighted by atomic mass is 9.83. The molecule has 2 aromatic rings. The summed E-state index contributed by atoms with van der Waals surface area (Å²) in [5.74, 6) is 1.78. The van der Waals surface area contributed by atoms with Gasteiger partial charge in [0, 0.05) is 0 Å². The summed E-state index contributed by atoms with van der Waals surface area (Å²) in [6.45, 7) is 21.8. The van der Waals surface area contributed by atoms with Crippen LogP contribution in [0.1, 0.15) is 93.2 Å². The average Bonchev–Trinajstić information content (AvgIpc) is 2.65. The Kier molecular flexibility index (Phi) is 7.66. The summed E-state index contributed by atoms with van der Waals surface area (Å²) >= 11 is 0. The van der Waals surface area contributed by atoms with E-state index in [4.69, 9.17) is 9.47 Å². The topological polar surface area (TPSA) is 18.5 Å². The molecule has 0 bridgehead atoms. The van der Waals surface area contributed by atoms with Crippen molar-refractivity contribution in [1.82, 2.24) is 0 Å². The lowest BCUT2D eigenvalue weighted by molar-refractivity contribution is 0.216. The molecule has 2 aromatic carbocycles. The first-order valence-electron chi connectivity index (χ1n) is 11.3. The van der Waals surface area contributed by atoms with Crippen LogP contribution in [0.2, 0.25) is 0 Å². The van der Waals surface area contributed by atoms with Crippen LogP contribution in [0.5, 0.6) is 11.5 Å². The van der Waals surface area contributed by atoms with Crippen LogP contribution in [-0.4, -0.2) is 12.2 Å². The zero-order chi connectivity index (χ0) is 22.7. The highest BCUT2D eigenvalue weighted by atomic mass is 16.5. The molecule has 0 aliphatic rings. The van der Waals surface area contributed by atoms with Gasteiger partial charge in [0.25, 0.3) is 0 Å². The number of ether oxygens (including phenoxy) is 2. The zero-order valence-electron chi connectivity index (χ0n) is 20.7. The molecule has 0 saturated heterocycles. The summed E-state index contributed by atoms with van der Waals surface area (Å²) in [4.78, 5) is 0. The molecule has 2 nitrogen and oxygen atoms in total. The predicted octanol–water partition coefficient (Wildman–Crippen LogP) is 7.90. The monoisotopic (exact) mass is 408 g/mol. The van der Waals surface area contributed by atoms with Crippen molar-refractivity contribution in [3.05, 3.63) is 47.5 Å². The van der Waals surface area contributed by atoms with Crippen molar-refractivity contribution >= 4 is 0 Å². The van der Waals surface area contributed by atoms with Crippen LogP contribution in [0.4, 0.5) is 0 Å². The third-order valence-electron chi connectivity index (χ3n) is 5.42. The minimum absolute atomic E-state index is 0.0265. The Morgan fingerprint density at radius 2 is 1.00 bits per heavy atom. The maximum Gasteiger partial charge on any atom is 0.120 e. The fraction of sp³-hybridized carbons (Fsp3) is 0.571. The van der Waals surface area contributed by atoms with Crippen LogP contribution >= 0.6 is 0 Å². The molecule has 2 atom stereocenters. The molecule has 0 saturated carbocycles.